The zero-order valence-electron chi connectivity index (χ0n) is 5.97. The van der Waals surface area contributed by atoms with Crippen molar-refractivity contribution in [3.63, 3.8) is 0 Å². The zero-order valence-corrected chi connectivity index (χ0v) is 8.23. The van der Waals surface area contributed by atoms with Crippen molar-refractivity contribution in [1.29, 1.82) is 0 Å². The molecule has 2 aliphatic rings. The van der Waals surface area contributed by atoms with Crippen LogP contribution in [0.3, 0.4) is 0 Å². The molecule has 7 heteroatoms. The molecule has 0 aromatic rings. The summed E-state index contributed by atoms with van der Waals surface area (Å²) >= 11 is 17.0. The molecule has 13 heavy (non-hydrogen) atoms. The van der Waals surface area contributed by atoms with Gasteiger partial charge in [-0.3, -0.25) is 0 Å². The van der Waals surface area contributed by atoms with Gasteiger partial charge in [0.25, 0.3) is 0 Å². The molecule has 0 atom stereocenters. The Morgan fingerprint density at radius 1 is 0.923 bits per heavy atom. The van der Waals surface area contributed by atoms with Crippen molar-refractivity contribution in [2.75, 3.05) is 0 Å². The number of hydrazine groups is 1. The van der Waals surface area contributed by atoms with Gasteiger partial charge in [-0.05, 0) is 6.07 Å². The molecule has 0 aliphatic heterocycles. The Morgan fingerprint density at radius 2 is 1.31 bits per heavy atom. The van der Waals surface area contributed by atoms with Crippen LogP contribution in [0.5, 0.6) is 0 Å². The normalized spacial score (nSPS) is 10.5. The summed E-state index contributed by atoms with van der Waals surface area (Å²) in [4.78, 5) is 0. The standard InChI is InChI=1S/C6HCl3.F2H2N2/c7-2-1-3(8)5-4(2)6(5)9;1-3-4-2/h1H;3-4H. The van der Waals surface area contributed by atoms with Gasteiger partial charge < -0.3 is 0 Å². The van der Waals surface area contributed by atoms with Gasteiger partial charge in [-0.2, -0.15) is 0 Å². The molecule has 0 heterocycles. The highest BCUT2D eigenvalue weighted by Crippen LogP contribution is 2.57. The lowest BCUT2D eigenvalue weighted by Gasteiger charge is -1.74. The molecule has 72 valence electrons. The monoisotopic (exact) mass is 246 g/mol. The van der Waals surface area contributed by atoms with Gasteiger partial charge in [0, 0.05) is 11.1 Å². The van der Waals surface area contributed by atoms with Crippen molar-refractivity contribution < 1.29 is 8.96 Å². The number of hydrogen-bond acceptors (Lipinski definition) is 2. The van der Waals surface area contributed by atoms with E-state index in [4.69, 9.17) is 34.8 Å². The van der Waals surface area contributed by atoms with Crippen LogP contribution >= 0.6 is 34.8 Å². The van der Waals surface area contributed by atoms with Gasteiger partial charge in [0.05, 0.1) is 15.1 Å². The fraction of sp³-hybridized carbons (Fsp3) is 0. The Morgan fingerprint density at radius 3 is 1.46 bits per heavy atom. The third-order valence-corrected chi connectivity index (χ3v) is 2.37. The molecular weight excluding hydrogens is 244 g/mol. The maximum absolute atomic E-state index is 9.99. The predicted octanol–water partition coefficient (Wildman–Crippen LogP) is 3.48. The highest BCUT2D eigenvalue weighted by molar-refractivity contribution is 6.51. The number of nitrogens with one attached hydrogen (secondary N) is 2. The van der Waals surface area contributed by atoms with E-state index in [0.717, 1.165) is 16.1 Å². The lowest BCUT2D eigenvalue weighted by atomic mass is 10.5. The van der Waals surface area contributed by atoms with E-state index in [1.807, 2.05) is 0 Å². The number of hydrogen-bond donors (Lipinski definition) is 2. The van der Waals surface area contributed by atoms with Gasteiger partial charge in [-0.15, -0.1) is 8.96 Å². The van der Waals surface area contributed by atoms with Gasteiger partial charge >= 0.3 is 0 Å². The van der Waals surface area contributed by atoms with Gasteiger partial charge in [0.1, 0.15) is 0 Å². The first-order valence-corrected chi connectivity index (χ1v) is 4.16. The van der Waals surface area contributed by atoms with E-state index in [1.165, 1.54) is 0 Å². The average Bonchev–Trinajstić information content (AvgIpc) is 2.67. The van der Waals surface area contributed by atoms with Crippen molar-refractivity contribution in [2.24, 2.45) is 0 Å². The van der Waals surface area contributed by atoms with Crippen LogP contribution in [0.4, 0.5) is 8.96 Å². The molecule has 0 fully saturated rings. The van der Waals surface area contributed by atoms with Crippen molar-refractivity contribution in [3.8, 4) is 11.1 Å². The summed E-state index contributed by atoms with van der Waals surface area (Å²) in [7, 11) is 0. The second kappa shape index (κ2) is 4.39. The SMILES string of the molecule is Clc1cc(Cl)c2c(Cl)c1-2.FNNF. The Bertz CT molecular complexity index is 304. The summed E-state index contributed by atoms with van der Waals surface area (Å²) in [6.07, 6.45) is 0. The number of fused-ring (bicyclic) bond motifs is 1. The molecule has 0 aromatic heterocycles. The molecule has 0 spiro atoms. The van der Waals surface area contributed by atoms with Crippen LogP contribution in [0.2, 0.25) is 15.1 Å². The van der Waals surface area contributed by atoms with Crippen LogP contribution in [0.1, 0.15) is 0 Å². The molecule has 0 saturated heterocycles. The lowest BCUT2D eigenvalue weighted by molar-refractivity contribution is 0.140. The van der Waals surface area contributed by atoms with E-state index >= 15 is 0 Å². The van der Waals surface area contributed by atoms with Gasteiger partial charge in [0.2, 0.25) is 0 Å². The minimum atomic E-state index is 0.514. The Balaban J connectivity index is 0.000000184. The van der Waals surface area contributed by atoms with E-state index in [2.05, 4.69) is 0 Å². The van der Waals surface area contributed by atoms with Crippen molar-refractivity contribution in [2.45, 2.75) is 0 Å². The lowest BCUT2D eigenvalue weighted by Crippen LogP contribution is -2.10. The average molecular weight is 247 g/mol. The van der Waals surface area contributed by atoms with E-state index in [9.17, 15) is 8.96 Å². The molecule has 2 nitrogen and oxygen atoms in total. The van der Waals surface area contributed by atoms with Gasteiger partial charge in [-0.25, -0.2) is 0 Å². The largest absolute Gasteiger partial charge is 0.119 e. The molecule has 2 aliphatic carbocycles. The Kier molecular flexibility index (Phi) is 3.70. The minimum absolute atomic E-state index is 0.514. The summed E-state index contributed by atoms with van der Waals surface area (Å²) in [5.41, 5.74) is 2.90. The first-order valence-electron chi connectivity index (χ1n) is 3.02. The first kappa shape index (κ1) is 10.9. The quantitative estimate of drug-likeness (QED) is 0.595. The molecule has 0 radical (unpaired) electrons. The summed E-state index contributed by atoms with van der Waals surface area (Å²) in [6, 6.07) is 1.71. The van der Waals surface area contributed by atoms with E-state index in [1.54, 1.807) is 6.07 Å². The fourth-order valence-electron chi connectivity index (χ4n) is 0.869. The number of benzene rings is 1. The molecule has 0 saturated carbocycles. The molecular formula is C6H3Cl3F2N2. The van der Waals surface area contributed by atoms with E-state index in [0.29, 0.717) is 21.3 Å². The maximum Gasteiger partial charge on any atom is 0.0594 e. The Hall–Kier alpha value is -0.130. The van der Waals surface area contributed by atoms with Gasteiger partial charge in [-0.1, -0.05) is 46.1 Å². The summed E-state index contributed by atoms with van der Waals surface area (Å²) in [6.45, 7) is 0. The van der Waals surface area contributed by atoms with E-state index in [-0.39, 0.29) is 0 Å². The fourth-order valence-corrected chi connectivity index (χ4v) is 1.96. The molecule has 0 aromatic carbocycles. The molecule has 2 rings (SSSR count). The van der Waals surface area contributed by atoms with Crippen LogP contribution in [-0.2, 0) is 0 Å². The topological polar surface area (TPSA) is 24.1 Å². The summed E-state index contributed by atoms with van der Waals surface area (Å²) in [5.74, 6) is 0. The van der Waals surface area contributed by atoms with Crippen LogP contribution in [0.25, 0.3) is 11.1 Å². The van der Waals surface area contributed by atoms with Crippen LogP contribution in [0.15, 0.2) is 6.07 Å². The first-order chi connectivity index (χ1) is 6.13. The van der Waals surface area contributed by atoms with Crippen LogP contribution in [-0.4, -0.2) is 0 Å². The highest BCUT2D eigenvalue weighted by Gasteiger charge is 2.30. The maximum atomic E-state index is 9.99. The third kappa shape index (κ3) is 2.21. The highest BCUT2D eigenvalue weighted by atomic mass is 35.5. The molecule has 0 bridgehead atoms. The second-order valence-corrected chi connectivity index (χ2v) is 3.29. The third-order valence-electron chi connectivity index (χ3n) is 1.39. The second-order valence-electron chi connectivity index (χ2n) is 2.09. The zero-order chi connectivity index (χ0) is 10.0. The number of halogens is 5. The summed E-state index contributed by atoms with van der Waals surface area (Å²) < 4.78 is 20.0. The molecule has 0 amide bonds. The van der Waals surface area contributed by atoms with Gasteiger partial charge in [0.15, 0.2) is 0 Å². The predicted molar refractivity (Wildman–Crippen MR) is 49.0 cm³/mol. The van der Waals surface area contributed by atoms with Crippen molar-refractivity contribution in [3.05, 3.63) is 21.1 Å². The van der Waals surface area contributed by atoms with Crippen molar-refractivity contribution in [1.82, 2.24) is 11.3 Å². The van der Waals surface area contributed by atoms with Crippen LogP contribution < -0.4 is 11.3 Å². The molecule has 0 unspecified atom stereocenters. The Labute approximate surface area is 87.6 Å². The van der Waals surface area contributed by atoms with Crippen molar-refractivity contribution >= 4 is 34.8 Å². The summed E-state index contributed by atoms with van der Waals surface area (Å²) in [5, 5.41) is 2.06. The molecule has 2 N–H and O–H groups in total. The number of rotatable bonds is 1. The smallest absolute Gasteiger partial charge is 0.0594 e. The van der Waals surface area contributed by atoms with E-state index < -0.39 is 0 Å². The minimum Gasteiger partial charge on any atom is -0.119 e. The van der Waals surface area contributed by atoms with Crippen LogP contribution in [0, 0.1) is 0 Å².